The summed E-state index contributed by atoms with van der Waals surface area (Å²) in [4.78, 5) is 21.8. The van der Waals surface area contributed by atoms with E-state index in [4.69, 9.17) is 16.6 Å². The number of likely N-dealkylation sites (N-methyl/N-ethyl adjacent to an activating group) is 1. The number of piperidine rings is 1. The van der Waals surface area contributed by atoms with E-state index in [1.807, 2.05) is 35.6 Å². The van der Waals surface area contributed by atoms with Crippen molar-refractivity contribution in [1.82, 2.24) is 25.6 Å². The highest BCUT2D eigenvalue weighted by Crippen LogP contribution is 2.25. The van der Waals surface area contributed by atoms with Crippen LogP contribution in [0.5, 0.6) is 0 Å². The molecule has 0 bridgehead atoms. The molecule has 7 nitrogen and oxygen atoms in total. The third kappa shape index (κ3) is 4.06. The highest BCUT2D eigenvalue weighted by atomic mass is 35.5. The molecule has 0 aliphatic carbocycles. The molecule has 4 rings (SSSR count). The Labute approximate surface area is 169 Å². The van der Waals surface area contributed by atoms with Gasteiger partial charge in [0.1, 0.15) is 6.67 Å². The summed E-state index contributed by atoms with van der Waals surface area (Å²) in [5.41, 5.74) is 6.40. The number of aromatic nitrogens is 1. The summed E-state index contributed by atoms with van der Waals surface area (Å²) in [5, 5.41) is 6.36. The molecule has 1 atom stereocenters. The number of carbonyl (C=O) groups excluding carboxylic acids is 1. The fourth-order valence-corrected chi connectivity index (χ4v) is 4.12. The maximum atomic E-state index is 11.6. The first-order valence-electron chi connectivity index (χ1n) is 9.58. The Kier molecular flexibility index (Phi) is 5.66. The Morgan fingerprint density at radius 3 is 3.07 bits per heavy atom. The number of nitrogens with one attached hydrogen (secondary N) is 3. The number of hydrogen-bond donors (Lipinski definition) is 3. The lowest BCUT2D eigenvalue weighted by atomic mass is 10.1. The number of nitrogens with zero attached hydrogens (tertiary/aromatic N) is 3. The molecule has 28 heavy (non-hydrogen) atoms. The molecule has 1 amide bonds. The van der Waals surface area contributed by atoms with Gasteiger partial charge in [0, 0.05) is 48.5 Å². The Hall–Kier alpha value is -2.35. The summed E-state index contributed by atoms with van der Waals surface area (Å²) < 4.78 is 0. The largest absolute Gasteiger partial charge is 0.360 e. The van der Waals surface area contributed by atoms with Crippen molar-refractivity contribution in [3.63, 3.8) is 0 Å². The molecule has 1 unspecified atom stereocenters. The molecular formula is C20H25ClN6O. The predicted octanol–water partition coefficient (Wildman–Crippen LogP) is 2.03. The third-order valence-electron chi connectivity index (χ3n) is 5.22. The summed E-state index contributed by atoms with van der Waals surface area (Å²) in [7, 11) is 1.67. The normalized spacial score (nSPS) is 20.8. The lowest BCUT2D eigenvalue weighted by Crippen LogP contribution is -2.52. The number of halogens is 1. The topological polar surface area (TPSA) is 75.8 Å². The van der Waals surface area contributed by atoms with Gasteiger partial charge in [-0.3, -0.25) is 19.7 Å². The summed E-state index contributed by atoms with van der Waals surface area (Å²) in [6, 6.07) is 8.40. The summed E-state index contributed by atoms with van der Waals surface area (Å²) in [6.45, 7) is 2.71. The first kappa shape index (κ1) is 19.0. The van der Waals surface area contributed by atoms with Crippen molar-refractivity contribution in [2.75, 3.05) is 33.4 Å². The van der Waals surface area contributed by atoms with Gasteiger partial charge in [-0.2, -0.15) is 0 Å². The van der Waals surface area contributed by atoms with Gasteiger partial charge in [-0.1, -0.05) is 29.8 Å². The number of fused-ring (bicyclic) bond motifs is 1. The number of carbonyl (C=O) groups is 1. The van der Waals surface area contributed by atoms with Crippen LogP contribution >= 0.6 is 11.6 Å². The van der Waals surface area contributed by atoms with E-state index in [2.05, 4.69) is 26.7 Å². The molecule has 3 heterocycles. The number of allylic oxidation sites excluding steroid dienone is 1. The lowest BCUT2D eigenvalue weighted by Gasteiger charge is -2.36. The molecule has 2 aliphatic heterocycles. The van der Waals surface area contributed by atoms with Crippen LogP contribution in [0.15, 0.2) is 46.7 Å². The molecular weight excluding hydrogens is 376 g/mol. The maximum absolute atomic E-state index is 11.6. The highest BCUT2D eigenvalue weighted by Gasteiger charge is 2.24. The molecule has 1 aromatic carbocycles. The van der Waals surface area contributed by atoms with Crippen LogP contribution in [0.1, 0.15) is 18.4 Å². The molecule has 2 aliphatic rings. The Morgan fingerprint density at radius 2 is 2.25 bits per heavy atom. The second kappa shape index (κ2) is 8.34. The van der Waals surface area contributed by atoms with E-state index >= 15 is 0 Å². The van der Waals surface area contributed by atoms with Gasteiger partial charge in [0.05, 0.1) is 17.3 Å². The van der Waals surface area contributed by atoms with Crippen LogP contribution in [0.2, 0.25) is 0 Å². The van der Waals surface area contributed by atoms with Crippen molar-refractivity contribution in [3.05, 3.63) is 47.3 Å². The molecule has 1 saturated heterocycles. The molecule has 0 saturated carbocycles. The van der Waals surface area contributed by atoms with Gasteiger partial charge >= 0.3 is 0 Å². The number of aliphatic imine (C=N–C) groups is 1. The van der Waals surface area contributed by atoms with E-state index in [9.17, 15) is 4.79 Å². The van der Waals surface area contributed by atoms with Crippen LogP contribution in [0.3, 0.4) is 0 Å². The van der Waals surface area contributed by atoms with Crippen molar-refractivity contribution in [3.8, 4) is 0 Å². The van der Waals surface area contributed by atoms with Gasteiger partial charge in [0.15, 0.2) is 0 Å². The molecule has 0 spiro atoms. The Bertz CT molecular complexity index is 920. The number of para-hydroxylation sites is 1. The quantitative estimate of drug-likeness (QED) is 0.717. The Morgan fingerprint density at radius 1 is 1.39 bits per heavy atom. The van der Waals surface area contributed by atoms with Crippen molar-refractivity contribution in [2.45, 2.75) is 18.9 Å². The number of hydrogen-bond acceptors (Lipinski definition) is 5. The van der Waals surface area contributed by atoms with E-state index in [1.165, 1.54) is 0 Å². The van der Waals surface area contributed by atoms with Crippen LogP contribution in [-0.2, 0) is 4.79 Å². The standard InChI is InChI=1S/C20H25ClN6O/c1-22-19(28)12-26-8-4-5-14(10-26)25-27-11-17(21)20(24-13-27)16-9-23-18-7-3-2-6-15(16)18/h2-3,6-7,9,11,14,23,25H,4-5,8,10,12-13H2,1H3,(H,22,28). The third-order valence-corrected chi connectivity index (χ3v) is 5.50. The smallest absolute Gasteiger partial charge is 0.233 e. The van der Waals surface area contributed by atoms with Gasteiger partial charge in [0.25, 0.3) is 0 Å². The molecule has 1 aromatic heterocycles. The van der Waals surface area contributed by atoms with Gasteiger partial charge in [-0.15, -0.1) is 0 Å². The second-order valence-electron chi connectivity index (χ2n) is 7.22. The van der Waals surface area contributed by atoms with Crippen LogP contribution < -0.4 is 10.7 Å². The van der Waals surface area contributed by atoms with Crippen LogP contribution in [0.4, 0.5) is 0 Å². The maximum Gasteiger partial charge on any atom is 0.233 e. The van der Waals surface area contributed by atoms with Crippen molar-refractivity contribution >= 4 is 34.1 Å². The lowest BCUT2D eigenvalue weighted by molar-refractivity contribution is -0.122. The van der Waals surface area contributed by atoms with Crippen molar-refractivity contribution < 1.29 is 4.79 Å². The number of aromatic amines is 1. The Balaban J connectivity index is 1.40. The van der Waals surface area contributed by atoms with E-state index in [-0.39, 0.29) is 11.9 Å². The van der Waals surface area contributed by atoms with Gasteiger partial charge in [0.2, 0.25) is 5.91 Å². The number of hydrazine groups is 1. The monoisotopic (exact) mass is 400 g/mol. The van der Waals surface area contributed by atoms with Crippen molar-refractivity contribution in [2.24, 2.45) is 4.99 Å². The summed E-state index contributed by atoms with van der Waals surface area (Å²) >= 11 is 6.57. The summed E-state index contributed by atoms with van der Waals surface area (Å²) in [6.07, 6.45) is 5.99. The van der Waals surface area contributed by atoms with Crippen LogP contribution in [0.25, 0.3) is 10.9 Å². The first-order valence-corrected chi connectivity index (χ1v) is 9.96. The zero-order valence-corrected chi connectivity index (χ0v) is 16.7. The molecule has 1 fully saturated rings. The minimum absolute atomic E-state index is 0.0505. The number of rotatable bonds is 5. The SMILES string of the molecule is CNC(=O)CN1CCCC(NN2C=C(Cl)C(c3c[nH]c4ccccc34)=NC2)C1. The fraction of sp³-hybridized carbons (Fsp3) is 0.400. The van der Waals surface area contributed by atoms with E-state index in [0.29, 0.717) is 18.2 Å². The number of likely N-dealkylation sites (tertiary alicyclic amines) is 1. The van der Waals surface area contributed by atoms with Gasteiger partial charge in [-0.25, -0.2) is 5.43 Å². The highest BCUT2D eigenvalue weighted by molar-refractivity contribution is 6.47. The molecule has 0 radical (unpaired) electrons. The zero-order valence-electron chi connectivity index (χ0n) is 15.9. The van der Waals surface area contributed by atoms with Gasteiger partial charge < -0.3 is 10.3 Å². The number of amides is 1. The predicted molar refractivity (Wildman–Crippen MR) is 112 cm³/mol. The minimum Gasteiger partial charge on any atom is -0.360 e. The molecule has 2 aromatic rings. The minimum atomic E-state index is 0.0505. The van der Waals surface area contributed by atoms with Gasteiger partial charge in [-0.05, 0) is 25.5 Å². The first-order chi connectivity index (χ1) is 13.6. The van der Waals surface area contributed by atoms with Crippen LogP contribution in [-0.4, -0.2) is 65.9 Å². The second-order valence-corrected chi connectivity index (χ2v) is 7.63. The molecule has 148 valence electrons. The average molecular weight is 401 g/mol. The number of H-pyrrole nitrogens is 1. The average Bonchev–Trinajstić information content (AvgIpc) is 3.12. The van der Waals surface area contributed by atoms with Crippen LogP contribution in [0, 0.1) is 0 Å². The van der Waals surface area contributed by atoms with Crippen molar-refractivity contribution in [1.29, 1.82) is 0 Å². The molecule has 3 N–H and O–H groups in total. The summed E-state index contributed by atoms with van der Waals surface area (Å²) in [5.74, 6) is 0.0505. The van der Waals surface area contributed by atoms with E-state index in [1.54, 1.807) is 7.05 Å². The molecule has 8 heteroatoms. The number of benzene rings is 1. The fourth-order valence-electron chi connectivity index (χ4n) is 3.84. The van der Waals surface area contributed by atoms with E-state index < -0.39 is 0 Å². The van der Waals surface area contributed by atoms with E-state index in [0.717, 1.165) is 48.1 Å². The zero-order chi connectivity index (χ0) is 19.5.